The lowest BCUT2D eigenvalue weighted by atomic mass is 9.83. The van der Waals surface area contributed by atoms with Crippen LogP contribution in [0.1, 0.15) is 26.2 Å². The van der Waals surface area contributed by atoms with Gasteiger partial charge in [-0.05, 0) is 54.4 Å². The predicted molar refractivity (Wildman–Crippen MR) is 78.1 cm³/mol. The fraction of sp³-hybridized carbons (Fsp3) is 0.800. The Morgan fingerprint density at radius 2 is 1.74 bits per heavy atom. The summed E-state index contributed by atoms with van der Waals surface area (Å²) < 4.78 is 5.17. The zero-order valence-corrected chi connectivity index (χ0v) is 13.0. The zero-order chi connectivity index (χ0) is 14.4. The maximum absolute atomic E-state index is 11.9. The van der Waals surface area contributed by atoms with Crippen molar-refractivity contribution in [1.29, 1.82) is 0 Å². The first-order valence-corrected chi connectivity index (χ1v) is 7.09. The highest BCUT2D eigenvalue weighted by Crippen LogP contribution is 2.31. The molecule has 0 aromatic rings. The van der Waals surface area contributed by atoms with Gasteiger partial charge in [0.15, 0.2) is 0 Å². The van der Waals surface area contributed by atoms with E-state index in [0.717, 1.165) is 32.4 Å². The standard InChI is InChI=1S/C15H28N2O2/c1-6-19-15(18)12-7-8-13(10-16(2)3)14(9-12)11-17(4)5/h12H,6-11H2,1-5H3. The number of ether oxygens (including phenoxy) is 1. The third kappa shape index (κ3) is 5.33. The Hall–Kier alpha value is -0.870. The van der Waals surface area contributed by atoms with E-state index in [-0.39, 0.29) is 11.9 Å². The lowest BCUT2D eigenvalue weighted by Gasteiger charge is -2.29. The van der Waals surface area contributed by atoms with Crippen molar-refractivity contribution in [2.75, 3.05) is 47.9 Å². The van der Waals surface area contributed by atoms with Crippen molar-refractivity contribution in [3.63, 3.8) is 0 Å². The quantitative estimate of drug-likeness (QED) is 0.543. The van der Waals surface area contributed by atoms with Crippen LogP contribution in [0.2, 0.25) is 0 Å². The highest BCUT2D eigenvalue weighted by atomic mass is 16.5. The van der Waals surface area contributed by atoms with Crippen LogP contribution in [0.3, 0.4) is 0 Å². The van der Waals surface area contributed by atoms with Gasteiger partial charge in [-0.15, -0.1) is 0 Å². The summed E-state index contributed by atoms with van der Waals surface area (Å²) in [6.07, 6.45) is 2.81. The highest BCUT2D eigenvalue weighted by molar-refractivity contribution is 5.73. The number of hydrogen-bond donors (Lipinski definition) is 0. The lowest BCUT2D eigenvalue weighted by Crippen LogP contribution is -2.29. The second kappa shape index (κ2) is 7.65. The third-order valence-electron chi connectivity index (χ3n) is 3.42. The first-order valence-electron chi connectivity index (χ1n) is 7.09. The minimum atomic E-state index is -0.0253. The molecule has 1 atom stereocenters. The smallest absolute Gasteiger partial charge is 0.309 e. The number of carbonyl (C=O) groups excluding carboxylic acids is 1. The van der Waals surface area contributed by atoms with E-state index in [1.54, 1.807) is 0 Å². The Morgan fingerprint density at radius 1 is 1.16 bits per heavy atom. The van der Waals surface area contributed by atoms with Crippen molar-refractivity contribution >= 4 is 5.97 Å². The van der Waals surface area contributed by atoms with E-state index in [4.69, 9.17) is 4.74 Å². The Bertz CT molecular complexity index is 335. The second-order valence-electron chi connectivity index (χ2n) is 5.87. The molecular weight excluding hydrogens is 240 g/mol. The maximum atomic E-state index is 11.9. The van der Waals surface area contributed by atoms with Crippen molar-refractivity contribution in [2.45, 2.75) is 26.2 Å². The van der Waals surface area contributed by atoms with E-state index >= 15 is 0 Å². The Balaban J connectivity index is 2.77. The van der Waals surface area contributed by atoms with Gasteiger partial charge in [0.2, 0.25) is 0 Å². The van der Waals surface area contributed by atoms with Crippen LogP contribution in [0.5, 0.6) is 0 Å². The zero-order valence-electron chi connectivity index (χ0n) is 13.0. The summed E-state index contributed by atoms with van der Waals surface area (Å²) in [4.78, 5) is 16.3. The molecule has 110 valence electrons. The summed E-state index contributed by atoms with van der Waals surface area (Å²) >= 11 is 0. The van der Waals surface area contributed by atoms with Gasteiger partial charge in [0, 0.05) is 13.1 Å². The average Bonchev–Trinajstić information content (AvgIpc) is 2.30. The van der Waals surface area contributed by atoms with Gasteiger partial charge < -0.3 is 14.5 Å². The van der Waals surface area contributed by atoms with Gasteiger partial charge in [-0.1, -0.05) is 11.1 Å². The van der Waals surface area contributed by atoms with Crippen LogP contribution in [0, 0.1) is 5.92 Å². The van der Waals surface area contributed by atoms with E-state index in [1.165, 1.54) is 11.1 Å². The minimum Gasteiger partial charge on any atom is -0.466 e. The molecule has 4 heteroatoms. The van der Waals surface area contributed by atoms with E-state index < -0.39 is 0 Å². The largest absolute Gasteiger partial charge is 0.466 e. The first-order chi connectivity index (χ1) is 8.93. The topological polar surface area (TPSA) is 32.8 Å². The molecule has 1 aliphatic rings. The Labute approximate surface area is 117 Å². The van der Waals surface area contributed by atoms with E-state index in [2.05, 4.69) is 38.0 Å². The molecule has 0 N–H and O–H groups in total. The molecule has 0 spiro atoms. The van der Waals surface area contributed by atoms with Gasteiger partial charge in [0.25, 0.3) is 0 Å². The molecule has 0 bridgehead atoms. The number of hydrogen-bond acceptors (Lipinski definition) is 4. The molecular formula is C15H28N2O2. The Morgan fingerprint density at radius 3 is 2.26 bits per heavy atom. The van der Waals surface area contributed by atoms with Gasteiger partial charge in [-0.25, -0.2) is 0 Å². The fourth-order valence-electron chi connectivity index (χ4n) is 2.66. The van der Waals surface area contributed by atoms with Crippen LogP contribution in [-0.4, -0.2) is 63.7 Å². The van der Waals surface area contributed by atoms with Crippen LogP contribution in [0.4, 0.5) is 0 Å². The van der Waals surface area contributed by atoms with Crippen molar-refractivity contribution in [1.82, 2.24) is 9.80 Å². The fourth-order valence-corrected chi connectivity index (χ4v) is 2.66. The molecule has 4 nitrogen and oxygen atoms in total. The maximum Gasteiger partial charge on any atom is 0.309 e. The molecule has 1 aliphatic carbocycles. The lowest BCUT2D eigenvalue weighted by molar-refractivity contribution is -0.148. The number of carbonyl (C=O) groups is 1. The van der Waals surface area contributed by atoms with Crippen molar-refractivity contribution in [3.8, 4) is 0 Å². The van der Waals surface area contributed by atoms with Gasteiger partial charge in [-0.2, -0.15) is 0 Å². The summed E-state index contributed by atoms with van der Waals surface area (Å²) in [5.74, 6) is 0.0310. The van der Waals surface area contributed by atoms with E-state index in [0.29, 0.717) is 6.61 Å². The molecule has 0 aromatic heterocycles. The first kappa shape index (κ1) is 16.2. The van der Waals surface area contributed by atoms with Crippen LogP contribution in [0.25, 0.3) is 0 Å². The average molecular weight is 268 g/mol. The summed E-state index contributed by atoms with van der Waals surface area (Å²) in [6, 6.07) is 0. The molecule has 0 saturated heterocycles. The number of rotatable bonds is 6. The van der Waals surface area contributed by atoms with Crippen LogP contribution in [0.15, 0.2) is 11.1 Å². The number of esters is 1. The predicted octanol–water partition coefficient (Wildman–Crippen LogP) is 1.77. The number of nitrogens with zero attached hydrogens (tertiary/aromatic N) is 2. The summed E-state index contributed by atoms with van der Waals surface area (Å²) in [7, 11) is 8.35. The SMILES string of the molecule is CCOC(=O)C1CCC(CN(C)C)=C(CN(C)C)C1. The molecule has 1 rings (SSSR count). The summed E-state index contributed by atoms with van der Waals surface area (Å²) in [6.45, 7) is 4.29. The van der Waals surface area contributed by atoms with Gasteiger partial charge >= 0.3 is 5.97 Å². The van der Waals surface area contributed by atoms with E-state index in [1.807, 2.05) is 6.92 Å². The third-order valence-corrected chi connectivity index (χ3v) is 3.42. The molecule has 0 aliphatic heterocycles. The van der Waals surface area contributed by atoms with Crippen molar-refractivity contribution in [2.24, 2.45) is 5.92 Å². The van der Waals surface area contributed by atoms with Gasteiger partial charge in [0.1, 0.15) is 0 Å². The molecule has 0 amide bonds. The molecule has 0 aromatic carbocycles. The normalized spacial score (nSPS) is 20.3. The van der Waals surface area contributed by atoms with Gasteiger partial charge in [0.05, 0.1) is 12.5 Å². The molecule has 19 heavy (non-hydrogen) atoms. The minimum absolute atomic E-state index is 0.0253. The molecule has 0 radical (unpaired) electrons. The van der Waals surface area contributed by atoms with Crippen molar-refractivity contribution < 1.29 is 9.53 Å². The molecule has 0 heterocycles. The van der Waals surface area contributed by atoms with Crippen LogP contribution >= 0.6 is 0 Å². The van der Waals surface area contributed by atoms with Crippen LogP contribution in [-0.2, 0) is 9.53 Å². The molecule has 0 saturated carbocycles. The van der Waals surface area contributed by atoms with Crippen LogP contribution < -0.4 is 0 Å². The summed E-state index contributed by atoms with van der Waals surface area (Å²) in [5, 5.41) is 0. The number of likely N-dealkylation sites (N-methyl/N-ethyl adjacent to an activating group) is 2. The molecule has 0 fully saturated rings. The van der Waals surface area contributed by atoms with Crippen molar-refractivity contribution in [3.05, 3.63) is 11.1 Å². The van der Waals surface area contributed by atoms with E-state index in [9.17, 15) is 4.79 Å². The monoisotopic (exact) mass is 268 g/mol. The second-order valence-corrected chi connectivity index (χ2v) is 5.87. The highest BCUT2D eigenvalue weighted by Gasteiger charge is 2.27. The van der Waals surface area contributed by atoms with Gasteiger partial charge in [-0.3, -0.25) is 4.79 Å². The summed E-state index contributed by atoms with van der Waals surface area (Å²) in [5.41, 5.74) is 2.92. The Kier molecular flexibility index (Phi) is 6.52. The molecule has 1 unspecified atom stereocenters.